The lowest BCUT2D eigenvalue weighted by molar-refractivity contribution is -0.139. The van der Waals surface area contributed by atoms with Crippen molar-refractivity contribution in [2.45, 2.75) is 38.8 Å². The zero-order chi connectivity index (χ0) is 14.7. The molecule has 0 aromatic rings. The highest BCUT2D eigenvalue weighted by molar-refractivity contribution is 5.79. The predicted octanol–water partition coefficient (Wildman–Crippen LogP) is -0.511. The van der Waals surface area contributed by atoms with Gasteiger partial charge in [-0.25, -0.2) is 0 Å². The van der Waals surface area contributed by atoms with Crippen LogP contribution in [-0.2, 0) is 9.59 Å². The Balaban J connectivity index is 1.79. The number of carbonyl (C=O) groups excluding carboxylic acids is 2. The van der Waals surface area contributed by atoms with Crippen LogP contribution in [0.5, 0.6) is 0 Å². The van der Waals surface area contributed by atoms with Crippen molar-refractivity contribution in [2.75, 3.05) is 39.3 Å². The van der Waals surface area contributed by atoms with E-state index in [9.17, 15) is 9.59 Å². The number of hydrogen-bond donors (Lipinski definition) is 1. The summed E-state index contributed by atoms with van der Waals surface area (Å²) >= 11 is 0. The van der Waals surface area contributed by atoms with Gasteiger partial charge in [0.15, 0.2) is 0 Å². The van der Waals surface area contributed by atoms with Gasteiger partial charge in [0.2, 0.25) is 11.8 Å². The van der Waals surface area contributed by atoms with Crippen molar-refractivity contribution in [3.63, 3.8) is 0 Å². The highest BCUT2D eigenvalue weighted by Crippen LogP contribution is 2.16. The molecule has 2 saturated heterocycles. The van der Waals surface area contributed by atoms with Crippen LogP contribution in [-0.4, -0.2) is 77.9 Å². The first-order chi connectivity index (χ1) is 9.47. The van der Waals surface area contributed by atoms with E-state index in [1.54, 1.807) is 11.8 Å². The van der Waals surface area contributed by atoms with Crippen molar-refractivity contribution in [1.29, 1.82) is 0 Å². The maximum absolute atomic E-state index is 12.3. The van der Waals surface area contributed by atoms with E-state index in [0.29, 0.717) is 38.8 Å². The van der Waals surface area contributed by atoms with Crippen LogP contribution in [0.25, 0.3) is 0 Å². The van der Waals surface area contributed by atoms with E-state index in [-0.39, 0.29) is 17.9 Å². The number of nitrogens with two attached hydrogens (primary N) is 1. The van der Waals surface area contributed by atoms with E-state index >= 15 is 0 Å². The van der Waals surface area contributed by atoms with Crippen molar-refractivity contribution in [3.05, 3.63) is 0 Å². The lowest BCUT2D eigenvalue weighted by Crippen LogP contribution is -2.54. The molecule has 0 bridgehead atoms. The van der Waals surface area contributed by atoms with Gasteiger partial charge in [-0.2, -0.15) is 0 Å². The smallest absolute Gasteiger partial charge is 0.236 e. The highest BCUT2D eigenvalue weighted by atomic mass is 16.2. The molecular weight excluding hydrogens is 256 g/mol. The monoisotopic (exact) mass is 282 g/mol. The summed E-state index contributed by atoms with van der Waals surface area (Å²) in [6.45, 7) is 7.72. The van der Waals surface area contributed by atoms with Crippen LogP contribution in [0.2, 0.25) is 0 Å². The number of carbonyl (C=O) groups is 2. The quantitative estimate of drug-likeness (QED) is 0.740. The molecule has 20 heavy (non-hydrogen) atoms. The van der Waals surface area contributed by atoms with Crippen LogP contribution in [0.3, 0.4) is 0 Å². The van der Waals surface area contributed by atoms with Gasteiger partial charge in [-0.05, 0) is 19.8 Å². The third-order valence-corrected chi connectivity index (χ3v) is 4.47. The van der Waals surface area contributed by atoms with Crippen LogP contribution in [0.1, 0.15) is 26.7 Å². The van der Waals surface area contributed by atoms with Gasteiger partial charge in [-0.1, -0.05) is 0 Å². The van der Waals surface area contributed by atoms with Gasteiger partial charge in [0.25, 0.3) is 0 Å². The second-order valence-electron chi connectivity index (χ2n) is 5.99. The number of nitrogens with zero attached hydrogens (tertiary/aromatic N) is 3. The number of piperazine rings is 1. The van der Waals surface area contributed by atoms with Crippen molar-refractivity contribution < 1.29 is 9.59 Å². The molecule has 0 aromatic carbocycles. The van der Waals surface area contributed by atoms with Gasteiger partial charge < -0.3 is 15.5 Å². The molecule has 2 heterocycles. The maximum atomic E-state index is 12.3. The number of amides is 2. The molecule has 0 spiro atoms. The lowest BCUT2D eigenvalue weighted by atomic mass is 9.99. The molecule has 0 aliphatic carbocycles. The molecule has 2 aliphatic heterocycles. The zero-order valence-corrected chi connectivity index (χ0v) is 12.5. The van der Waals surface area contributed by atoms with Crippen molar-refractivity contribution in [2.24, 2.45) is 5.73 Å². The van der Waals surface area contributed by atoms with Crippen molar-refractivity contribution in [3.8, 4) is 0 Å². The van der Waals surface area contributed by atoms with E-state index in [2.05, 4.69) is 11.8 Å². The first-order valence-electron chi connectivity index (χ1n) is 7.50. The summed E-state index contributed by atoms with van der Waals surface area (Å²) in [5.41, 5.74) is 5.95. The van der Waals surface area contributed by atoms with E-state index in [4.69, 9.17) is 5.73 Å². The Hall–Kier alpha value is -1.14. The Kier molecular flexibility index (Phi) is 4.99. The fourth-order valence-electron chi connectivity index (χ4n) is 3.04. The van der Waals surface area contributed by atoms with Gasteiger partial charge in [0.05, 0.1) is 6.54 Å². The second-order valence-corrected chi connectivity index (χ2v) is 5.99. The van der Waals surface area contributed by atoms with Crippen LogP contribution >= 0.6 is 0 Å². The minimum Gasteiger partial charge on any atom is -0.339 e. The van der Waals surface area contributed by atoms with E-state index in [1.807, 2.05) is 4.90 Å². The predicted molar refractivity (Wildman–Crippen MR) is 77.1 cm³/mol. The molecule has 0 radical (unpaired) electrons. The minimum atomic E-state index is 0.0933. The molecule has 0 saturated carbocycles. The van der Waals surface area contributed by atoms with Crippen molar-refractivity contribution >= 4 is 11.8 Å². The topological polar surface area (TPSA) is 69.9 Å². The van der Waals surface area contributed by atoms with Gasteiger partial charge in [0.1, 0.15) is 0 Å². The Labute approximate surface area is 120 Å². The summed E-state index contributed by atoms with van der Waals surface area (Å²) in [7, 11) is 0. The van der Waals surface area contributed by atoms with Crippen LogP contribution in [0.4, 0.5) is 0 Å². The Morgan fingerprint density at radius 3 is 2.25 bits per heavy atom. The van der Waals surface area contributed by atoms with Gasteiger partial charge in [-0.15, -0.1) is 0 Å². The van der Waals surface area contributed by atoms with E-state index in [1.165, 1.54) is 0 Å². The largest absolute Gasteiger partial charge is 0.339 e. The van der Waals surface area contributed by atoms with Crippen LogP contribution in [0, 0.1) is 0 Å². The Bertz CT molecular complexity index is 366. The molecule has 114 valence electrons. The van der Waals surface area contributed by atoms with Crippen LogP contribution < -0.4 is 5.73 Å². The molecule has 2 aliphatic rings. The Morgan fingerprint density at radius 1 is 1.10 bits per heavy atom. The average molecular weight is 282 g/mol. The molecule has 2 rings (SSSR count). The molecule has 2 unspecified atom stereocenters. The lowest BCUT2D eigenvalue weighted by Gasteiger charge is -2.39. The summed E-state index contributed by atoms with van der Waals surface area (Å²) in [6.07, 6.45) is 1.93. The molecule has 0 aromatic heterocycles. The standard InChI is InChI=1S/C14H26N4O2/c1-11-9-13(15)3-4-18(11)10-14(20)17-7-5-16(6-8-17)12(2)19/h11,13H,3-10,15H2,1-2H3. The fraction of sp³-hybridized carbons (Fsp3) is 0.857. The Morgan fingerprint density at radius 2 is 1.70 bits per heavy atom. The molecule has 2 fully saturated rings. The maximum Gasteiger partial charge on any atom is 0.236 e. The summed E-state index contributed by atoms with van der Waals surface area (Å²) in [4.78, 5) is 29.5. The first-order valence-corrected chi connectivity index (χ1v) is 7.50. The number of hydrogen-bond acceptors (Lipinski definition) is 4. The average Bonchev–Trinajstić information content (AvgIpc) is 2.42. The van der Waals surface area contributed by atoms with E-state index in [0.717, 1.165) is 19.4 Å². The number of rotatable bonds is 2. The summed E-state index contributed by atoms with van der Waals surface area (Å²) in [5.74, 6) is 0.270. The highest BCUT2D eigenvalue weighted by Gasteiger charge is 2.28. The summed E-state index contributed by atoms with van der Waals surface area (Å²) in [6, 6.07) is 0.650. The van der Waals surface area contributed by atoms with Gasteiger partial charge >= 0.3 is 0 Å². The minimum absolute atomic E-state index is 0.0933. The number of piperidine rings is 1. The number of likely N-dealkylation sites (tertiary alicyclic amines) is 1. The van der Waals surface area contributed by atoms with Crippen molar-refractivity contribution in [1.82, 2.24) is 14.7 Å². The second kappa shape index (κ2) is 6.54. The van der Waals surface area contributed by atoms with Crippen LogP contribution in [0.15, 0.2) is 0 Å². The molecule has 2 amide bonds. The normalized spacial score (nSPS) is 28.6. The van der Waals surface area contributed by atoms with Gasteiger partial charge in [-0.3, -0.25) is 14.5 Å². The summed E-state index contributed by atoms with van der Waals surface area (Å²) in [5, 5.41) is 0. The van der Waals surface area contributed by atoms with E-state index < -0.39 is 0 Å². The molecule has 6 nitrogen and oxygen atoms in total. The fourth-order valence-corrected chi connectivity index (χ4v) is 3.04. The van der Waals surface area contributed by atoms with Gasteiger partial charge in [0, 0.05) is 51.7 Å². The zero-order valence-electron chi connectivity index (χ0n) is 12.5. The summed E-state index contributed by atoms with van der Waals surface area (Å²) < 4.78 is 0. The third kappa shape index (κ3) is 3.70. The molecular formula is C14H26N4O2. The SMILES string of the molecule is CC(=O)N1CCN(C(=O)CN2CCC(N)CC2C)CC1. The first kappa shape index (κ1) is 15.3. The molecule has 2 atom stereocenters. The molecule has 2 N–H and O–H groups in total. The molecule has 6 heteroatoms. The third-order valence-electron chi connectivity index (χ3n) is 4.47.